The first kappa shape index (κ1) is 21.7. The minimum Gasteiger partial charge on any atom is -0.488 e. The molecule has 0 N–H and O–H groups in total. The number of nitro benzene ring substituents is 1. The second-order valence-electron chi connectivity index (χ2n) is 6.68. The van der Waals surface area contributed by atoms with Crippen molar-refractivity contribution in [2.75, 3.05) is 0 Å². The zero-order valence-corrected chi connectivity index (χ0v) is 18.7. The number of non-ortho nitro benzene ring substituents is 1. The minimum absolute atomic E-state index is 0.0273. The molecule has 0 unspecified atom stereocenters. The lowest BCUT2D eigenvalue weighted by atomic mass is 10.1. The van der Waals surface area contributed by atoms with Gasteiger partial charge in [0.25, 0.3) is 5.69 Å². The number of rotatable bonds is 6. The maximum atomic E-state index is 12.4. The Morgan fingerprint density at radius 1 is 1.12 bits per heavy atom. The average molecular weight is 514 g/mol. The SMILES string of the molecule is O=C1OC(c2cc([N+](=O)[O-])ccc2Cl)=NC1=Cc1ccccc1OCc1ccccc1Br. The third-order valence-electron chi connectivity index (χ3n) is 4.56. The largest absolute Gasteiger partial charge is 0.488 e. The van der Waals surface area contributed by atoms with E-state index in [4.69, 9.17) is 21.1 Å². The number of halogens is 2. The van der Waals surface area contributed by atoms with Crippen molar-refractivity contribution in [3.8, 4) is 5.75 Å². The fourth-order valence-corrected chi connectivity index (χ4v) is 3.56. The lowest BCUT2D eigenvalue weighted by molar-refractivity contribution is -0.384. The van der Waals surface area contributed by atoms with E-state index in [0.717, 1.165) is 10.0 Å². The van der Waals surface area contributed by atoms with Gasteiger partial charge in [-0.3, -0.25) is 10.1 Å². The van der Waals surface area contributed by atoms with E-state index in [1.54, 1.807) is 18.2 Å². The van der Waals surface area contributed by atoms with Gasteiger partial charge < -0.3 is 9.47 Å². The minimum atomic E-state index is -0.692. The summed E-state index contributed by atoms with van der Waals surface area (Å²) in [6, 6.07) is 18.7. The van der Waals surface area contributed by atoms with Crippen molar-refractivity contribution in [2.45, 2.75) is 6.61 Å². The van der Waals surface area contributed by atoms with Gasteiger partial charge in [0.15, 0.2) is 5.70 Å². The van der Waals surface area contributed by atoms with Crippen LogP contribution in [0, 0.1) is 10.1 Å². The Balaban J connectivity index is 1.63. The van der Waals surface area contributed by atoms with Crippen molar-refractivity contribution in [1.82, 2.24) is 0 Å². The highest BCUT2D eigenvalue weighted by Crippen LogP contribution is 2.29. The molecule has 0 amide bonds. The number of carbonyl (C=O) groups is 1. The van der Waals surface area contributed by atoms with Gasteiger partial charge in [0, 0.05) is 27.7 Å². The quantitative estimate of drug-likeness (QED) is 0.176. The molecule has 0 fully saturated rings. The van der Waals surface area contributed by atoms with Crippen LogP contribution in [0.2, 0.25) is 5.02 Å². The zero-order valence-electron chi connectivity index (χ0n) is 16.3. The van der Waals surface area contributed by atoms with E-state index in [9.17, 15) is 14.9 Å². The summed E-state index contributed by atoms with van der Waals surface area (Å²) in [6.45, 7) is 0.323. The Bertz CT molecular complexity index is 1290. The van der Waals surface area contributed by atoms with Crippen molar-refractivity contribution in [2.24, 2.45) is 4.99 Å². The molecular formula is C23H14BrClN2O5. The molecule has 9 heteroatoms. The zero-order chi connectivity index (χ0) is 22.7. The summed E-state index contributed by atoms with van der Waals surface area (Å²) in [5.41, 5.74) is 1.60. The molecule has 1 aliphatic heterocycles. The first-order valence-corrected chi connectivity index (χ1v) is 10.5. The molecule has 3 aromatic rings. The number of hydrogen-bond acceptors (Lipinski definition) is 6. The number of nitro groups is 1. The van der Waals surface area contributed by atoms with Crippen molar-refractivity contribution in [3.63, 3.8) is 0 Å². The lowest BCUT2D eigenvalue weighted by Gasteiger charge is -2.10. The molecule has 0 aromatic heterocycles. The molecule has 0 bridgehead atoms. The Kier molecular flexibility index (Phi) is 6.34. The van der Waals surface area contributed by atoms with Gasteiger partial charge in [0.05, 0.1) is 15.5 Å². The maximum absolute atomic E-state index is 12.4. The van der Waals surface area contributed by atoms with Crippen LogP contribution < -0.4 is 4.74 Å². The molecule has 32 heavy (non-hydrogen) atoms. The van der Waals surface area contributed by atoms with E-state index in [1.165, 1.54) is 24.3 Å². The smallest absolute Gasteiger partial charge is 0.363 e. The van der Waals surface area contributed by atoms with E-state index in [0.29, 0.717) is 17.9 Å². The predicted octanol–water partition coefficient (Wildman–Crippen LogP) is 5.93. The first-order valence-electron chi connectivity index (χ1n) is 9.34. The van der Waals surface area contributed by atoms with Gasteiger partial charge in [-0.2, -0.15) is 0 Å². The standard InChI is InChI=1S/C23H14BrClN2O5/c24-18-7-3-1-6-15(18)13-31-21-8-4-2-5-14(21)11-20-23(28)32-22(26-20)17-12-16(27(29)30)9-10-19(17)25/h1-12H,13H2. The van der Waals surface area contributed by atoms with Crippen molar-refractivity contribution >= 4 is 51.2 Å². The topological polar surface area (TPSA) is 91.0 Å². The summed E-state index contributed by atoms with van der Waals surface area (Å²) in [5.74, 6) is -0.231. The van der Waals surface area contributed by atoms with Gasteiger partial charge in [0.2, 0.25) is 5.90 Å². The number of esters is 1. The van der Waals surface area contributed by atoms with Crippen LogP contribution in [0.15, 0.2) is 81.9 Å². The Morgan fingerprint density at radius 3 is 2.66 bits per heavy atom. The molecule has 1 heterocycles. The number of cyclic esters (lactones) is 1. The third-order valence-corrected chi connectivity index (χ3v) is 5.67. The van der Waals surface area contributed by atoms with E-state index >= 15 is 0 Å². The summed E-state index contributed by atoms with van der Waals surface area (Å²) >= 11 is 9.63. The molecule has 7 nitrogen and oxygen atoms in total. The van der Waals surface area contributed by atoms with Crippen molar-refractivity contribution in [3.05, 3.63) is 109 Å². The number of ether oxygens (including phenoxy) is 2. The Labute approximate surface area is 196 Å². The van der Waals surface area contributed by atoms with E-state index < -0.39 is 10.9 Å². The van der Waals surface area contributed by atoms with Gasteiger partial charge in [-0.1, -0.05) is 63.9 Å². The summed E-state index contributed by atoms with van der Waals surface area (Å²) in [6.07, 6.45) is 1.54. The van der Waals surface area contributed by atoms with Crippen molar-refractivity contribution in [1.29, 1.82) is 0 Å². The van der Waals surface area contributed by atoms with Gasteiger partial charge in [-0.15, -0.1) is 0 Å². The molecule has 1 aliphatic rings. The number of benzene rings is 3. The highest BCUT2D eigenvalue weighted by Gasteiger charge is 2.27. The van der Waals surface area contributed by atoms with Crippen LogP contribution in [0.25, 0.3) is 6.08 Å². The van der Waals surface area contributed by atoms with Crippen LogP contribution in [0.5, 0.6) is 5.75 Å². The molecule has 0 aliphatic carbocycles. The van der Waals surface area contributed by atoms with Crippen LogP contribution in [0.1, 0.15) is 16.7 Å². The van der Waals surface area contributed by atoms with Gasteiger partial charge in [-0.25, -0.2) is 9.79 Å². The van der Waals surface area contributed by atoms with Crippen LogP contribution in [-0.4, -0.2) is 16.8 Å². The fourth-order valence-electron chi connectivity index (χ4n) is 2.96. The normalized spacial score (nSPS) is 14.2. The molecule has 0 spiro atoms. The lowest BCUT2D eigenvalue weighted by Crippen LogP contribution is -2.06. The average Bonchev–Trinajstić information content (AvgIpc) is 3.14. The monoisotopic (exact) mass is 512 g/mol. The van der Waals surface area contributed by atoms with Crippen LogP contribution in [0.4, 0.5) is 5.69 Å². The summed E-state index contributed by atoms with van der Waals surface area (Å²) < 4.78 is 12.1. The van der Waals surface area contributed by atoms with Gasteiger partial charge in [-0.05, 0) is 24.3 Å². The van der Waals surface area contributed by atoms with Crippen molar-refractivity contribution < 1.29 is 19.2 Å². The molecule has 3 aromatic carbocycles. The van der Waals surface area contributed by atoms with E-state index in [2.05, 4.69) is 20.9 Å². The molecular weight excluding hydrogens is 500 g/mol. The van der Waals surface area contributed by atoms with Crippen LogP contribution >= 0.6 is 27.5 Å². The second kappa shape index (κ2) is 9.33. The van der Waals surface area contributed by atoms with E-state index in [-0.39, 0.29) is 27.9 Å². The Hall–Kier alpha value is -3.49. The first-order chi connectivity index (χ1) is 15.4. The van der Waals surface area contributed by atoms with E-state index in [1.807, 2.05) is 30.3 Å². The van der Waals surface area contributed by atoms with Crippen LogP contribution in [0.3, 0.4) is 0 Å². The second-order valence-corrected chi connectivity index (χ2v) is 7.94. The predicted molar refractivity (Wildman–Crippen MR) is 124 cm³/mol. The third kappa shape index (κ3) is 4.71. The number of nitrogens with zero attached hydrogens (tertiary/aromatic N) is 2. The molecule has 0 saturated heterocycles. The summed E-state index contributed by atoms with van der Waals surface area (Å²) in [4.78, 5) is 27.1. The summed E-state index contributed by atoms with van der Waals surface area (Å²) in [7, 11) is 0. The number of carbonyl (C=O) groups excluding carboxylic acids is 1. The molecule has 0 atom stereocenters. The number of para-hydroxylation sites is 1. The Morgan fingerprint density at radius 2 is 1.88 bits per heavy atom. The van der Waals surface area contributed by atoms with Gasteiger partial charge in [0.1, 0.15) is 12.4 Å². The summed E-state index contributed by atoms with van der Waals surface area (Å²) in [5, 5.41) is 11.2. The molecule has 0 saturated carbocycles. The fraction of sp³-hybridized carbons (Fsp3) is 0.0435. The highest BCUT2D eigenvalue weighted by molar-refractivity contribution is 9.10. The molecule has 0 radical (unpaired) electrons. The maximum Gasteiger partial charge on any atom is 0.363 e. The van der Waals surface area contributed by atoms with Gasteiger partial charge >= 0.3 is 5.97 Å². The molecule has 160 valence electrons. The number of aliphatic imine (C=N–C) groups is 1. The number of hydrogen-bond donors (Lipinski definition) is 0. The molecule has 4 rings (SSSR count). The highest BCUT2D eigenvalue weighted by atomic mass is 79.9. The van der Waals surface area contributed by atoms with Crippen LogP contribution in [-0.2, 0) is 16.1 Å².